The van der Waals surface area contributed by atoms with Gasteiger partial charge in [0, 0.05) is 12.8 Å². The Bertz CT molecular complexity index is 1280. The average Bonchev–Trinajstić information content (AvgIpc) is 3.34. The summed E-state index contributed by atoms with van der Waals surface area (Å²) in [6, 6.07) is 18.4. The molecule has 0 saturated heterocycles. The molecule has 0 spiro atoms. The van der Waals surface area contributed by atoms with Crippen LogP contribution in [0.1, 0.15) is 11.3 Å². The van der Waals surface area contributed by atoms with Crippen molar-refractivity contribution in [1.82, 2.24) is 29.6 Å². The zero-order valence-electron chi connectivity index (χ0n) is 17.0. The Morgan fingerprint density at radius 3 is 2.58 bits per heavy atom. The van der Waals surface area contributed by atoms with Gasteiger partial charge in [0.15, 0.2) is 5.69 Å². The first-order valence-electron chi connectivity index (χ1n) is 9.48. The number of benzene rings is 2. The van der Waals surface area contributed by atoms with Gasteiger partial charge in [0.25, 0.3) is 5.56 Å². The first kappa shape index (κ1) is 20.4. The largest absolute Gasteiger partial charge is 0.493 e. The highest BCUT2D eigenvalue weighted by Crippen LogP contribution is 2.20. The van der Waals surface area contributed by atoms with Crippen LogP contribution in [0.3, 0.4) is 0 Å². The van der Waals surface area contributed by atoms with Gasteiger partial charge in [-0.1, -0.05) is 30.0 Å². The molecule has 2 aromatic heterocycles. The van der Waals surface area contributed by atoms with E-state index in [1.807, 2.05) is 44.3 Å². The predicted molar refractivity (Wildman–Crippen MR) is 116 cm³/mol. The molecular formula is C21H19N7O2S. The number of nitriles is 1. The van der Waals surface area contributed by atoms with Crippen LogP contribution in [0.2, 0.25) is 0 Å². The Labute approximate surface area is 182 Å². The van der Waals surface area contributed by atoms with E-state index in [1.165, 1.54) is 16.4 Å². The SMILES string of the molecule is Cc1c(-n2nnnc2SCCOc2ccc(C#N)cc2)c(=O)n(-c2ccccc2)n1C. The third-order valence-electron chi connectivity index (χ3n) is 4.74. The molecule has 0 aliphatic rings. The van der Waals surface area contributed by atoms with Crippen molar-refractivity contribution >= 4 is 11.8 Å². The second-order valence-corrected chi connectivity index (χ2v) is 7.68. The van der Waals surface area contributed by atoms with Gasteiger partial charge in [-0.3, -0.25) is 9.48 Å². The van der Waals surface area contributed by atoms with Crippen molar-refractivity contribution in [3.63, 3.8) is 0 Å². The number of rotatable bonds is 7. The van der Waals surface area contributed by atoms with Crippen molar-refractivity contribution in [3.05, 3.63) is 76.2 Å². The Hall–Kier alpha value is -3.84. The quantitative estimate of drug-likeness (QED) is 0.326. The maximum atomic E-state index is 13.2. The number of aromatic nitrogens is 6. The maximum Gasteiger partial charge on any atom is 0.297 e. The highest BCUT2D eigenvalue weighted by atomic mass is 32.2. The lowest BCUT2D eigenvalue weighted by Gasteiger charge is -2.07. The second kappa shape index (κ2) is 8.89. The number of hydrogen-bond acceptors (Lipinski definition) is 7. The van der Waals surface area contributed by atoms with Crippen molar-refractivity contribution in [2.24, 2.45) is 7.05 Å². The third kappa shape index (κ3) is 4.08. The normalized spacial score (nSPS) is 10.7. The smallest absolute Gasteiger partial charge is 0.297 e. The molecule has 0 aliphatic heterocycles. The summed E-state index contributed by atoms with van der Waals surface area (Å²) in [6.07, 6.45) is 0. The van der Waals surface area contributed by atoms with Crippen LogP contribution in [-0.4, -0.2) is 41.9 Å². The summed E-state index contributed by atoms with van der Waals surface area (Å²) < 4.78 is 10.6. The van der Waals surface area contributed by atoms with E-state index in [1.54, 1.807) is 33.6 Å². The molecule has 31 heavy (non-hydrogen) atoms. The number of thioether (sulfide) groups is 1. The third-order valence-corrected chi connectivity index (χ3v) is 5.63. The van der Waals surface area contributed by atoms with Gasteiger partial charge in [-0.15, -0.1) is 5.10 Å². The van der Waals surface area contributed by atoms with E-state index in [0.717, 1.165) is 11.4 Å². The monoisotopic (exact) mass is 433 g/mol. The zero-order valence-corrected chi connectivity index (χ0v) is 17.8. The summed E-state index contributed by atoms with van der Waals surface area (Å²) in [4.78, 5) is 13.2. The van der Waals surface area contributed by atoms with E-state index in [2.05, 4.69) is 21.6 Å². The van der Waals surface area contributed by atoms with Crippen LogP contribution in [0.15, 0.2) is 64.5 Å². The summed E-state index contributed by atoms with van der Waals surface area (Å²) in [7, 11) is 1.83. The van der Waals surface area contributed by atoms with E-state index < -0.39 is 0 Å². The van der Waals surface area contributed by atoms with E-state index >= 15 is 0 Å². The Kier molecular flexibility index (Phi) is 5.86. The average molecular weight is 433 g/mol. The van der Waals surface area contributed by atoms with Gasteiger partial charge in [0.1, 0.15) is 5.75 Å². The second-order valence-electron chi connectivity index (χ2n) is 6.62. The molecule has 9 nitrogen and oxygen atoms in total. The minimum Gasteiger partial charge on any atom is -0.493 e. The lowest BCUT2D eigenvalue weighted by molar-refractivity contribution is 0.344. The molecule has 0 unspecified atom stereocenters. The molecule has 0 fully saturated rings. The van der Waals surface area contributed by atoms with Gasteiger partial charge in [-0.05, 0) is 53.7 Å². The number of tetrazole rings is 1. The lowest BCUT2D eigenvalue weighted by atomic mass is 10.2. The van der Waals surface area contributed by atoms with Gasteiger partial charge in [-0.25, -0.2) is 4.68 Å². The molecule has 0 bridgehead atoms. The van der Waals surface area contributed by atoms with Crippen LogP contribution in [0, 0.1) is 18.3 Å². The van der Waals surface area contributed by atoms with Gasteiger partial charge in [0.2, 0.25) is 5.16 Å². The van der Waals surface area contributed by atoms with Crippen LogP contribution in [-0.2, 0) is 7.05 Å². The van der Waals surface area contributed by atoms with Crippen LogP contribution >= 0.6 is 11.8 Å². The fourth-order valence-corrected chi connectivity index (χ4v) is 3.82. The Morgan fingerprint density at radius 1 is 1.13 bits per heavy atom. The fourth-order valence-electron chi connectivity index (χ4n) is 3.13. The maximum absolute atomic E-state index is 13.2. The first-order valence-corrected chi connectivity index (χ1v) is 10.5. The molecule has 10 heteroatoms. The summed E-state index contributed by atoms with van der Waals surface area (Å²) in [5.74, 6) is 1.27. The Balaban J connectivity index is 1.51. The number of hydrogen-bond donors (Lipinski definition) is 0. The first-order chi connectivity index (χ1) is 15.1. The van der Waals surface area contributed by atoms with Crippen LogP contribution in [0.4, 0.5) is 0 Å². The summed E-state index contributed by atoms with van der Waals surface area (Å²) in [6.45, 7) is 2.28. The molecule has 0 aliphatic carbocycles. The van der Waals surface area contributed by atoms with Gasteiger partial charge in [-0.2, -0.15) is 9.94 Å². The molecule has 2 aromatic carbocycles. The number of ether oxygens (including phenoxy) is 1. The highest BCUT2D eigenvalue weighted by Gasteiger charge is 2.21. The molecule has 156 valence electrons. The molecule has 2 heterocycles. The van der Waals surface area contributed by atoms with Crippen molar-refractivity contribution in [3.8, 4) is 23.2 Å². The van der Waals surface area contributed by atoms with E-state index in [9.17, 15) is 4.79 Å². The molecule has 0 saturated carbocycles. The van der Waals surface area contributed by atoms with Crippen LogP contribution in [0.25, 0.3) is 11.4 Å². The molecule has 0 radical (unpaired) electrons. The Morgan fingerprint density at radius 2 is 1.87 bits per heavy atom. The van der Waals surface area contributed by atoms with Crippen molar-refractivity contribution in [1.29, 1.82) is 5.26 Å². The van der Waals surface area contributed by atoms with Gasteiger partial charge >= 0.3 is 0 Å². The minimum absolute atomic E-state index is 0.200. The predicted octanol–water partition coefficient (Wildman–Crippen LogP) is 2.50. The molecule has 0 N–H and O–H groups in total. The molecular weight excluding hydrogens is 414 g/mol. The standard InChI is InChI=1S/C21H19N7O2S/c1-15-19(20(29)28(26(15)2)17-6-4-3-5-7-17)27-21(23-24-25-27)31-13-12-30-18-10-8-16(14-22)9-11-18/h3-11H,12-13H2,1-2H3. The minimum atomic E-state index is -0.200. The van der Waals surface area contributed by atoms with Crippen molar-refractivity contribution in [2.75, 3.05) is 12.4 Å². The zero-order chi connectivity index (χ0) is 21.8. The summed E-state index contributed by atoms with van der Waals surface area (Å²) in [5, 5.41) is 21.2. The fraction of sp³-hybridized carbons (Fsp3) is 0.190. The number of nitrogens with zero attached hydrogens (tertiary/aromatic N) is 7. The van der Waals surface area contributed by atoms with Crippen molar-refractivity contribution < 1.29 is 4.74 Å². The highest BCUT2D eigenvalue weighted by molar-refractivity contribution is 7.99. The number of para-hydroxylation sites is 1. The topological polar surface area (TPSA) is 104 Å². The van der Waals surface area contributed by atoms with Crippen molar-refractivity contribution in [2.45, 2.75) is 12.1 Å². The lowest BCUT2D eigenvalue weighted by Crippen LogP contribution is -2.22. The van der Waals surface area contributed by atoms with Gasteiger partial charge in [0.05, 0.1) is 29.6 Å². The molecule has 0 atom stereocenters. The van der Waals surface area contributed by atoms with Crippen LogP contribution < -0.4 is 10.3 Å². The molecule has 4 aromatic rings. The van der Waals surface area contributed by atoms with E-state index in [4.69, 9.17) is 10.00 Å². The van der Waals surface area contributed by atoms with E-state index in [0.29, 0.717) is 34.5 Å². The summed E-state index contributed by atoms with van der Waals surface area (Å²) >= 11 is 1.40. The van der Waals surface area contributed by atoms with E-state index in [-0.39, 0.29) is 5.56 Å². The molecule has 4 rings (SSSR count). The van der Waals surface area contributed by atoms with Gasteiger partial charge < -0.3 is 4.74 Å². The van der Waals surface area contributed by atoms with Crippen LogP contribution in [0.5, 0.6) is 5.75 Å². The molecule has 0 amide bonds. The summed E-state index contributed by atoms with van der Waals surface area (Å²) in [5.41, 5.74) is 2.31.